The summed E-state index contributed by atoms with van der Waals surface area (Å²) < 4.78 is 39.6. The Hall–Kier alpha value is -1.95. The molecule has 1 aliphatic carbocycles. The molecule has 0 saturated carbocycles. The van der Waals surface area contributed by atoms with Gasteiger partial charge in [0.05, 0.1) is 5.52 Å². The minimum absolute atomic E-state index is 0.0324. The fourth-order valence-electron chi connectivity index (χ4n) is 3.97. The molecule has 2 atom stereocenters. The van der Waals surface area contributed by atoms with E-state index < -0.39 is 12.0 Å². The van der Waals surface area contributed by atoms with Crippen LogP contribution >= 0.6 is 0 Å². The Bertz CT molecular complexity index is 829. The van der Waals surface area contributed by atoms with Crippen molar-refractivity contribution >= 4 is 16.7 Å². The molecule has 1 N–H and O–H groups in total. The number of Topliss-reactive ketones (excluding diaryl/α,β-unsaturated/α-hetero) is 1. The van der Waals surface area contributed by atoms with Gasteiger partial charge in [-0.1, -0.05) is 0 Å². The molecule has 0 amide bonds. The maximum atomic E-state index is 13.2. The molecule has 2 bridgehead atoms. The van der Waals surface area contributed by atoms with Crippen LogP contribution in [0.15, 0.2) is 18.3 Å². The molecular weight excluding hydrogens is 305 g/mol. The van der Waals surface area contributed by atoms with E-state index in [1.807, 2.05) is 6.07 Å². The number of aromatic nitrogens is 1. The third-order valence-electron chi connectivity index (χ3n) is 4.88. The summed E-state index contributed by atoms with van der Waals surface area (Å²) in [6, 6.07) is 3.51. The van der Waals surface area contributed by atoms with E-state index in [1.165, 1.54) is 0 Å². The van der Waals surface area contributed by atoms with E-state index in [-0.39, 0.29) is 17.4 Å². The zero-order valence-electron chi connectivity index (χ0n) is 12.5. The zero-order valence-corrected chi connectivity index (χ0v) is 12.5. The standard InChI is InChI=1S/C17H15F3N2O/c1-8-2-12-13(22-5-8)4-11-9-3-10(7-21-6-9)14(11)15(12)16(23)17(18,19)20/h2,4-5,9-10,21H,3,6-7H2,1H3. The van der Waals surface area contributed by atoms with Crippen LogP contribution in [0.25, 0.3) is 10.9 Å². The Morgan fingerprint density at radius 2 is 2.00 bits per heavy atom. The molecule has 23 heavy (non-hydrogen) atoms. The number of benzene rings is 1. The molecule has 2 heterocycles. The molecule has 2 unspecified atom stereocenters. The number of halogens is 3. The summed E-state index contributed by atoms with van der Waals surface area (Å²) in [4.78, 5) is 16.4. The smallest absolute Gasteiger partial charge is 0.316 e. The van der Waals surface area contributed by atoms with Crippen molar-refractivity contribution in [1.82, 2.24) is 10.3 Å². The molecule has 6 heteroatoms. The maximum absolute atomic E-state index is 13.2. The Morgan fingerprint density at radius 3 is 2.74 bits per heavy atom. The summed E-state index contributed by atoms with van der Waals surface area (Å²) in [5.41, 5.74) is 2.47. The largest absolute Gasteiger partial charge is 0.454 e. The number of fused-ring (bicyclic) bond motifs is 6. The molecule has 1 saturated heterocycles. The van der Waals surface area contributed by atoms with Crippen molar-refractivity contribution in [2.45, 2.75) is 31.4 Å². The SMILES string of the molecule is Cc1cnc2cc3c(c(C(=O)C(F)(F)F)c2c1)C1CNCC3C1. The topological polar surface area (TPSA) is 42.0 Å². The van der Waals surface area contributed by atoms with Crippen LogP contribution < -0.4 is 5.32 Å². The average Bonchev–Trinajstić information content (AvgIpc) is 2.74. The van der Waals surface area contributed by atoms with Gasteiger partial charge in [-0.25, -0.2) is 0 Å². The van der Waals surface area contributed by atoms with Gasteiger partial charge in [-0.3, -0.25) is 9.78 Å². The molecule has 120 valence electrons. The Balaban J connectivity index is 2.08. The van der Waals surface area contributed by atoms with E-state index in [4.69, 9.17) is 0 Å². The molecule has 1 aromatic heterocycles. The summed E-state index contributed by atoms with van der Waals surface area (Å²) in [6.45, 7) is 3.12. The van der Waals surface area contributed by atoms with Gasteiger partial charge in [0, 0.05) is 30.2 Å². The lowest BCUT2D eigenvalue weighted by molar-refractivity contribution is -0.0884. The zero-order chi connectivity index (χ0) is 16.4. The van der Waals surface area contributed by atoms with Gasteiger partial charge in [0.25, 0.3) is 5.78 Å². The molecule has 3 nitrogen and oxygen atoms in total. The molecular formula is C17H15F3N2O. The van der Waals surface area contributed by atoms with Gasteiger partial charge in [0.15, 0.2) is 0 Å². The summed E-state index contributed by atoms with van der Waals surface area (Å²) in [6.07, 6.45) is -2.46. The van der Waals surface area contributed by atoms with E-state index in [0.29, 0.717) is 23.0 Å². The van der Waals surface area contributed by atoms with E-state index in [0.717, 1.165) is 24.1 Å². The molecule has 2 aromatic rings. The number of pyridine rings is 1. The lowest BCUT2D eigenvalue weighted by atomic mass is 9.89. The number of nitrogens with zero attached hydrogens (tertiary/aromatic N) is 1. The van der Waals surface area contributed by atoms with Crippen LogP contribution in [0.2, 0.25) is 0 Å². The van der Waals surface area contributed by atoms with Crippen LogP contribution in [0, 0.1) is 6.92 Å². The quantitative estimate of drug-likeness (QED) is 0.818. The van der Waals surface area contributed by atoms with Crippen LogP contribution in [0.5, 0.6) is 0 Å². The number of hydrogen-bond acceptors (Lipinski definition) is 3. The molecule has 1 aliphatic heterocycles. The minimum Gasteiger partial charge on any atom is -0.316 e. The van der Waals surface area contributed by atoms with E-state index >= 15 is 0 Å². The third kappa shape index (κ3) is 2.16. The number of aryl methyl sites for hydroxylation is 1. The van der Waals surface area contributed by atoms with Crippen molar-refractivity contribution in [3.63, 3.8) is 0 Å². The first-order valence-electron chi connectivity index (χ1n) is 7.61. The monoisotopic (exact) mass is 320 g/mol. The fraction of sp³-hybridized carbons (Fsp3) is 0.412. The van der Waals surface area contributed by atoms with E-state index in [9.17, 15) is 18.0 Å². The van der Waals surface area contributed by atoms with Gasteiger partial charge < -0.3 is 5.32 Å². The number of ketones is 1. The number of carbonyl (C=O) groups excluding carboxylic acids is 1. The predicted molar refractivity (Wildman–Crippen MR) is 79.8 cm³/mol. The van der Waals surface area contributed by atoms with Crippen LogP contribution in [-0.4, -0.2) is 30.0 Å². The number of nitrogens with one attached hydrogen (secondary N) is 1. The summed E-state index contributed by atoms with van der Waals surface area (Å²) in [7, 11) is 0. The Kier molecular flexibility index (Phi) is 3.04. The van der Waals surface area contributed by atoms with Crippen LogP contribution in [0.3, 0.4) is 0 Å². The Morgan fingerprint density at radius 1 is 1.26 bits per heavy atom. The van der Waals surface area contributed by atoms with Gasteiger partial charge in [-0.15, -0.1) is 0 Å². The van der Waals surface area contributed by atoms with Gasteiger partial charge in [-0.2, -0.15) is 13.2 Å². The van der Waals surface area contributed by atoms with Gasteiger partial charge in [0.2, 0.25) is 0 Å². The number of hydrogen-bond donors (Lipinski definition) is 1. The molecule has 2 aliphatic rings. The molecule has 0 radical (unpaired) electrons. The van der Waals surface area contributed by atoms with Crippen molar-refractivity contribution in [3.05, 3.63) is 40.6 Å². The number of alkyl halides is 3. The Labute approximate surface area is 130 Å². The first-order valence-corrected chi connectivity index (χ1v) is 7.61. The lowest BCUT2D eigenvalue weighted by Crippen LogP contribution is -2.29. The number of carbonyl (C=O) groups is 1. The second-order valence-electron chi connectivity index (χ2n) is 6.45. The van der Waals surface area contributed by atoms with Crippen molar-refractivity contribution in [3.8, 4) is 0 Å². The molecule has 1 fully saturated rings. The first-order chi connectivity index (χ1) is 10.9. The van der Waals surface area contributed by atoms with Crippen LogP contribution in [0.1, 0.15) is 45.3 Å². The first kappa shape index (κ1) is 14.6. The van der Waals surface area contributed by atoms with Crippen LogP contribution in [-0.2, 0) is 0 Å². The molecule has 1 aromatic carbocycles. The maximum Gasteiger partial charge on any atom is 0.454 e. The summed E-state index contributed by atoms with van der Waals surface area (Å²) >= 11 is 0. The summed E-state index contributed by atoms with van der Waals surface area (Å²) in [5, 5.41) is 3.57. The highest BCUT2D eigenvalue weighted by atomic mass is 19.4. The van der Waals surface area contributed by atoms with Crippen molar-refractivity contribution in [1.29, 1.82) is 0 Å². The van der Waals surface area contributed by atoms with E-state index in [2.05, 4.69) is 10.3 Å². The van der Waals surface area contributed by atoms with Crippen molar-refractivity contribution in [2.24, 2.45) is 0 Å². The van der Waals surface area contributed by atoms with Crippen LogP contribution in [0.4, 0.5) is 13.2 Å². The third-order valence-corrected chi connectivity index (χ3v) is 4.88. The molecule has 4 rings (SSSR count). The fourth-order valence-corrected chi connectivity index (χ4v) is 3.97. The second-order valence-corrected chi connectivity index (χ2v) is 6.45. The summed E-state index contributed by atoms with van der Waals surface area (Å²) in [5.74, 6) is -1.62. The predicted octanol–water partition coefficient (Wildman–Crippen LogP) is 3.46. The second kappa shape index (κ2) is 4.77. The number of rotatable bonds is 1. The number of piperidine rings is 1. The van der Waals surface area contributed by atoms with Gasteiger partial charge in [-0.05, 0) is 54.0 Å². The van der Waals surface area contributed by atoms with E-state index in [1.54, 1.807) is 19.2 Å². The minimum atomic E-state index is -4.88. The average molecular weight is 320 g/mol. The highest BCUT2D eigenvalue weighted by Gasteiger charge is 2.45. The normalized spacial score (nSPS) is 23.1. The lowest BCUT2D eigenvalue weighted by Gasteiger charge is -2.20. The van der Waals surface area contributed by atoms with Gasteiger partial charge >= 0.3 is 6.18 Å². The van der Waals surface area contributed by atoms with Crippen molar-refractivity contribution in [2.75, 3.05) is 13.1 Å². The highest BCUT2D eigenvalue weighted by Crippen LogP contribution is 2.48. The van der Waals surface area contributed by atoms with Gasteiger partial charge in [0.1, 0.15) is 0 Å². The van der Waals surface area contributed by atoms with Crippen molar-refractivity contribution < 1.29 is 18.0 Å². The highest BCUT2D eigenvalue weighted by molar-refractivity contribution is 6.12. The molecule has 0 spiro atoms.